The highest BCUT2D eigenvalue weighted by atomic mass is 35.5. The number of amides is 1. The van der Waals surface area contributed by atoms with E-state index >= 15 is 0 Å². The van der Waals surface area contributed by atoms with E-state index in [0.717, 1.165) is 16.8 Å². The van der Waals surface area contributed by atoms with E-state index in [1.54, 1.807) is 18.5 Å². The lowest BCUT2D eigenvalue weighted by Crippen LogP contribution is -2.17. The summed E-state index contributed by atoms with van der Waals surface area (Å²) >= 11 is 7.39. The summed E-state index contributed by atoms with van der Waals surface area (Å²) in [5, 5.41) is 6.02. The fourth-order valence-corrected chi connectivity index (χ4v) is 3.69. The molecule has 3 heterocycles. The Morgan fingerprint density at radius 2 is 2.00 bits per heavy atom. The number of carbonyl (C=O) groups excluding carboxylic acids is 1. The number of hydrogen-bond donors (Lipinski definition) is 1. The van der Waals surface area contributed by atoms with Gasteiger partial charge in [0.1, 0.15) is 5.69 Å². The average molecular weight is 421 g/mol. The van der Waals surface area contributed by atoms with Crippen LogP contribution in [0.25, 0.3) is 12.2 Å². The standard InChI is InChI=1S/C22H17ClN4OS/c23-18-4-1-3-16(13-18)6-7-19-15-29-22(25-19)26-21(28)20-5-2-12-27(20)14-17-8-10-24-11-9-17/h1-13,15H,14H2,(H,25,26,28). The molecule has 4 aromatic rings. The van der Waals surface area contributed by atoms with Crippen molar-refractivity contribution in [2.24, 2.45) is 0 Å². The molecule has 29 heavy (non-hydrogen) atoms. The Hall–Kier alpha value is -3.22. The molecule has 1 aromatic carbocycles. The predicted octanol–water partition coefficient (Wildman–Crippen LogP) is 5.46. The molecule has 0 saturated carbocycles. The van der Waals surface area contributed by atoms with Crippen molar-refractivity contribution >= 4 is 46.1 Å². The molecular weight excluding hydrogens is 404 g/mol. The number of aromatic nitrogens is 3. The molecule has 1 amide bonds. The maximum absolute atomic E-state index is 12.7. The molecule has 0 unspecified atom stereocenters. The number of carbonyl (C=O) groups is 1. The van der Waals surface area contributed by atoms with Crippen molar-refractivity contribution < 1.29 is 4.79 Å². The van der Waals surface area contributed by atoms with Crippen molar-refractivity contribution in [3.8, 4) is 0 Å². The van der Waals surface area contributed by atoms with Gasteiger partial charge in [-0.25, -0.2) is 4.98 Å². The third-order valence-corrected chi connectivity index (χ3v) is 5.21. The van der Waals surface area contributed by atoms with E-state index in [9.17, 15) is 4.79 Å². The molecule has 7 heteroatoms. The molecule has 0 bridgehead atoms. The van der Waals surface area contributed by atoms with Crippen LogP contribution >= 0.6 is 22.9 Å². The van der Waals surface area contributed by atoms with Crippen LogP contribution in [0.4, 0.5) is 5.13 Å². The number of hydrogen-bond acceptors (Lipinski definition) is 4. The molecule has 5 nitrogen and oxygen atoms in total. The normalized spacial score (nSPS) is 11.1. The Morgan fingerprint density at radius 1 is 1.14 bits per heavy atom. The van der Waals surface area contributed by atoms with E-state index in [1.165, 1.54) is 11.3 Å². The Labute approximate surface area is 177 Å². The molecule has 1 N–H and O–H groups in total. The summed E-state index contributed by atoms with van der Waals surface area (Å²) in [5.74, 6) is -0.191. The summed E-state index contributed by atoms with van der Waals surface area (Å²) in [7, 11) is 0. The van der Waals surface area contributed by atoms with Crippen molar-refractivity contribution in [1.82, 2.24) is 14.5 Å². The van der Waals surface area contributed by atoms with Gasteiger partial charge < -0.3 is 4.57 Å². The molecule has 0 aliphatic carbocycles. The Morgan fingerprint density at radius 3 is 2.83 bits per heavy atom. The van der Waals surface area contributed by atoms with Gasteiger partial charge in [-0.2, -0.15) is 0 Å². The quantitative estimate of drug-likeness (QED) is 0.450. The molecule has 0 radical (unpaired) electrons. The number of nitrogens with zero attached hydrogens (tertiary/aromatic N) is 3. The van der Waals surface area contributed by atoms with E-state index in [4.69, 9.17) is 11.6 Å². The zero-order chi connectivity index (χ0) is 20.1. The molecule has 144 valence electrons. The number of halogens is 1. The minimum atomic E-state index is -0.191. The average Bonchev–Trinajstić information content (AvgIpc) is 3.37. The molecule has 0 aliphatic heterocycles. The second kappa shape index (κ2) is 8.86. The summed E-state index contributed by atoms with van der Waals surface area (Å²) in [6, 6.07) is 15.1. The van der Waals surface area contributed by atoms with Crippen LogP contribution in [0.2, 0.25) is 5.02 Å². The van der Waals surface area contributed by atoms with Crippen LogP contribution in [-0.2, 0) is 6.54 Å². The lowest BCUT2D eigenvalue weighted by Gasteiger charge is -2.08. The van der Waals surface area contributed by atoms with Gasteiger partial charge in [0.05, 0.1) is 5.69 Å². The first-order chi connectivity index (χ1) is 14.2. The van der Waals surface area contributed by atoms with Crippen molar-refractivity contribution in [1.29, 1.82) is 0 Å². The van der Waals surface area contributed by atoms with Gasteiger partial charge in [-0.15, -0.1) is 11.3 Å². The second-order valence-corrected chi connectivity index (χ2v) is 7.59. The fraction of sp³-hybridized carbons (Fsp3) is 0.0455. The molecular formula is C22H17ClN4OS. The third-order valence-electron chi connectivity index (χ3n) is 4.20. The van der Waals surface area contributed by atoms with Crippen molar-refractivity contribution in [2.45, 2.75) is 6.54 Å². The first-order valence-electron chi connectivity index (χ1n) is 8.92. The van der Waals surface area contributed by atoms with Gasteiger partial charge in [0.2, 0.25) is 0 Å². The van der Waals surface area contributed by atoms with Crippen molar-refractivity contribution in [3.05, 3.63) is 100 Å². The number of thiazole rings is 1. The van der Waals surface area contributed by atoms with Gasteiger partial charge in [0.25, 0.3) is 5.91 Å². The monoisotopic (exact) mass is 420 g/mol. The Kier molecular flexibility index (Phi) is 5.84. The molecule has 4 rings (SSSR count). The van der Waals surface area contributed by atoms with Crippen LogP contribution in [0, 0.1) is 0 Å². The van der Waals surface area contributed by atoms with E-state index in [0.29, 0.717) is 22.4 Å². The van der Waals surface area contributed by atoms with Gasteiger partial charge in [-0.3, -0.25) is 15.1 Å². The summed E-state index contributed by atoms with van der Waals surface area (Å²) in [6.45, 7) is 0.601. The third kappa shape index (κ3) is 4.99. The van der Waals surface area contributed by atoms with Gasteiger partial charge in [-0.1, -0.05) is 29.8 Å². The summed E-state index contributed by atoms with van der Waals surface area (Å²) < 4.78 is 1.90. The number of nitrogens with one attached hydrogen (secondary N) is 1. The lowest BCUT2D eigenvalue weighted by atomic mass is 10.2. The number of pyridine rings is 1. The van der Waals surface area contributed by atoms with Crippen LogP contribution in [0.1, 0.15) is 27.3 Å². The maximum Gasteiger partial charge on any atom is 0.274 e. The smallest absolute Gasteiger partial charge is 0.274 e. The second-order valence-electron chi connectivity index (χ2n) is 6.30. The first kappa shape index (κ1) is 19.1. The number of benzene rings is 1. The zero-order valence-corrected chi connectivity index (χ0v) is 16.9. The van der Waals surface area contributed by atoms with Crippen LogP contribution < -0.4 is 5.32 Å². The molecule has 0 atom stereocenters. The summed E-state index contributed by atoms with van der Waals surface area (Å²) in [6.07, 6.45) is 9.20. The first-order valence-corrected chi connectivity index (χ1v) is 10.2. The molecule has 0 fully saturated rings. The van der Waals surface area contributed by atoms with Crippen molar-refractivity contribution in [2.75, 3.05) is 5.32 Å². The zero-order valence-electron chi connectivity index (χ0n) is 15.3. The molecule has 0 aliphatic rings. The summed E-state index contributed by atoms with van der Waals surface area (Å²) in [4.78, 5) is 21.2. The largest absolute Gasteiger partial charge is 0.339 e. The molecule has 3 aromatic heterocycles. The topological polar surface area (TPSA) is 59.8 Å². The number of rotatable bonds is 6. The van der Waals surface area contributed by atoms with Crippen LogP contribution in [0.15, 0.2) is 72.5 Å². The minimum absolute atomic E-state index is 0.191. The minimum Gasteiger partial charge on any atom is -0.339 e. The van der Waals surface area contributed by atoms with E-state index in [2.05, 4.69) is 15.3 Å². The summed E-state index contributed by atoms with van der Waals surface area (Å²) in [5.41, 5.74) is 3.42. The fourth-order valence-electron chi connectivity index (χ4n) is 2.82. The number of anilines is 1. The highest BCUT2D eigenvalue weighted by Gasteiger charge is 2.13. The van der Waals surface area contributed by atoms with Crippen LogP contribution in [-0.4, -0.2) is 20.4 Å². The van der Waals surface area contributed by atoms with Crippen LogP contribution in [0.5, 0.6) is 0 Å². The molecule has 0 saturated heterocycles. The SMILES string of the molecule is O=C(Nc1nc(C=Cc2cccc(Cl)c2)cs1)c1cccn1Cc1ccncc1. The van der Waals surface area contributed by atoms with E-state index in [-0.39, 0.29) is 5.91 Å². The van der Waals surface area contributed by atoms with Gasteiger partial charge in [-0.05, 0) is 53.6 Å². The Balaban J connectivity index is 1.43. The molecule has 0 spiro atoms. The predicted molar refractivity (Wildman–Crippen MR) is 118 cm³/mol. The van der Waals surface area contributed by atoms with Gasteiger partial charge in [0, 0.05) is 35.5 Å². The lowest BCUT2D eigenvalue weighted by molar-refractivity contribution is 0.101. The van der Waals surface area contributed by atoms with Gasteiger partial charge in [0.15, 0.2) is 5.13 Å². The van der Waals surface area contributed by atoms with E-state index < -0.39 is 0 Å². The van der Waals surface area contributed by atoms with Crippen LogP contribution in [0.3, 0.4) is 0 Å². The van der Waals surface area contributed by atoms with E-state index in [1.807, 2.05) is 70.8 Å². The highest BCUT2D eigenvalue weighted by molar-refractivity contribution is 7.14. The maximum atomic E-state index is 12.7. The highest BCUT2D eigenvalue weighted by Crippen LogP contribution is 2.20. The van der Waals surface area contributed by atoms with Gasteiger partial charge >= 0.3 is 0 Å². The van der Waals surface area contributed by atoms with Crippen molar-refractivity contribution in [3.63, 3.8) is 0 Å². The Bertz CT molecular complexity index is 1150.